The first kappa shape index (κ1) is 22.9. The van der Waals surface area contributed by atoms with E-state index in [0.29, 0.717) is 0 Å². The van der Waals surface area contributed by atoms with Gasteiger partial charge < -0.3 is 9.90 Å². The monoisotopic (exact) mass is 372 g/mol. The van der Waals surface area contributed by atoms with Gasteiger partial charge in [0.25, 0.3) is 0 Å². The van der Waals surface area contributed by atoms with Gasteiger partial charge in [-0.05, 0) is 18.4 Å². The van der Waals surface area contributed by atoms with Crippen molar-refractivity contribution >= 4 is 6.47 Å². The standard InChI is InChI=1S/C22H35N2.CH2O2/c1-2-3-4-5-6-7-8-9-10-14-17-23-18-19-24(21-23)20-22-15-12-11-13-16-22;2-1-3/h11-13,15-16,18-19,21H,2-10,14,17,20H2,1H3;1H,(H,2,3)/q+1;/p-1. The highest BCUT2D eigenvalue weighted by Gasteiger charge is 2.04. The summed E-state index contributed by atoms with van der Waals surface area (Å²) in [5.74, 6) is 0. The van der Waals surface area contributed by atoms with Gasteiger partial charge in [0.15, 0.2) is 0 Å². The summed E-state index contributed by atoms with van der Waals surface area (Å²) in [7, 11) is 0. The molecule has 1 heterocycles. The van der Waals surface area contributed by atoms with Crippen LogP contribution in [0.3, 0.4) is 0 Å². The Bertz CT molecular complexity index is 581. The number of imidazole rings is 1. The maximum Gasteiger partial charge on any atom is 0.244 e. The third-order valence-electron chi connectivity index (χ3n) is 4.72. The Kier molecular flexibility index (Phi) is 13.7. The van der Waals surface area contributed by atoms with Crippen LogP contribution in [0.5, 0.6) is 0 Å². The second kappa shape index (κ2) is 16.1. The summed E-state index contributed by atoms with van der Waals surface area (Å²) in [4.78, 5) is 8.25. The molecule has 0 saturated heterocycles. The average molecular weight is 373 g/mol. The molecule has 0 bridgehead atoms. The molecule has 2 rings (SSSR count). The van der Waals surface area contributed by atoms with Crippen LogP contribution in [-0.2, 0) is 17.9 Å². The highest BCUT2D eigenvalue weighted by Crippen LogP contribution is 2.10. The van der Waals surface area contributed by atoms with Crippen LogP contribution >= 0.6 is 0 Å². The van der Waals surface area contributed by atoms with Crippen molar-refractivity contribution in [2.45, 2.75) is 84.2 Å². The molecule has 27 heavy (non-hydrogen) atoms. The van der Waals surface area contributed by atoms with Gasteiger partial charge in [0.1, 0.15) is 18.9 Å². The Morgan fingerprint density at radius 1 is 0.926 bits per heavy atom. The van der Waals surface area contributed by atoms with E-state index in [0.717, 1.165) is 13.1 Å². The Morgan fingerprint density at radius 3 is 2.07 bits per heavy atom. The largest absolute Gasteiger partial charge is 0.554 e. The highest BCUT2D eigenvalue weighted by atomic mass is 16.3. The highest BCUT2D eigenvalue weighted by molar-refractivity contribution is 5.29. The molecule has 0 fully saturated rings. The van der Waals surface area contributed by atoms with Crippen LogP contribution in [0.2, 0.25) is 0 Å². The van der Waals surface area contributed by atoms with Gasteiger partial charge in [-0.1, -0.05) is 88.6 Å². The molecule has 0 radical (unpaired) electrons. The van der Waals surface area contributed by atoms with E-state index in [9.17, 15) is 0 Å². The first-order chi connectivity index (χ1) is 13.3. The summed E-state index contributed by atoms with van der Waals surface area (Å²) in [6.07, 6.45) is 20.6. The number of hydrogen-bond donors (Lipinski definition) is 0. The van der Waals surface area contributed by atoms with Crippen LogP contribution in [0.1, 0.15) is 76.7 Å². The summed E-state index contributed by atoms with van der Waals surface area (Å²) in [5.41, 5.74) is 1.36. The third kappa shape index (κ3) is 12.0. The zero-order valence-corrected chi connectivity index (χ0v) is 16.9. The maximum atomic E-state index is 8.25. The van der Waals surface area contributed by atoms with Gasteiger partial charge in [0.05, 0.1) is 6.54 Å². The minimum Gasteiger partial charge on any atom is -0.554 e. The molecule has 0 saturated carbocycles. The van der Waals surface area contributed by atoms with Gasteiger partial charge in [0, 0.05) is 6.47 Å². The fraction of sp³-hybridized carbons (Fsp3) is 0.565. The number of carboxylic acid groups (broad SMARTS) is 1. The zero-order chi connectivity index (χ0) is 19.6. The molecule has 0 atom stereocenters. The minimum atomic E-state index is -0.500. The molecule has 150 valence electrons. The molecule has 0 spiro atoms. The SMILES string of the molecule is CCCCCCCCCCCCn1cc[n+](Cc2ccccc2)c1.O=C[O-]. The van der Waals surface area contributed by atoms with Crippen LogP contribution in [0.4, 0.5) is 0 Å². The van der Waals surface area contributed by atoms with Gasteiger partial charge in [-0.2, -0.15) is 0 Å². The predicted octanol–water partition coefficient (Wildman–Crippen LogP) is 4.11. The first-order valence-electron chi connectivity index (χ1n) is 10.4. The summed E-state index contributed by atoms with van der Waals surface area (Å²) in [5, 5.41) is 8.25. The first-order valence-corrected chi connectivity index (χ1v) is 10.4. The number of hydrogen-bond acceptors (Lipinski definition) is 2. The lowest BCUT2D eigenvalue weighted by Crippen LogP contribution is -2.31. The van der Waals surface area contributed by atoms with Crippen molar-refractivity contribution in [1.29, 1.82) is 0 Å². The lowest BCUT2D eigenvalue weighted by molar-refractivity contribution is -0.687. The zero-order valence-electron chi connectivity index (χ0n) is 16.9. The molecule has 1 aromatic heterocycles. The number of carbonyl (C=O) groups excluding carboxylic acids is 1. The smallest absolute Gasteiger partial charge is 0.244 e. The molecule has 0 N–H and O–H groups in total. The second-order valence-corrected chi connectivity index (χ2v) is 7.09. The van der Waals surface area contributed by atoms with E-state index >= 15 is 0 Å². The summed E-state index contributed by atoms with van der Waals surface area (Å²) < 4.78 is 4.60. The number of unbranched alkanes of at least 4 members (excludes halogenated alkanes) is 9. The second-order valence-electron chi connectivity index (χ2n) is 7.09. The van der Waals surface area contributed by atoms with Crippen LogP contribution in [-0.4, -0.2) is 11.0 Å². The predicted molar refractivity (Wildman–Crippen MR) is 108 cm³/mol. The van der Waals surface area contributed by atoms with Crippen molar-refractivity contribution in [2.24, 2.45) is 0 Å². The van der Waals surface area contributed by atoms with E-state index in [4.69, 9.17) is 9.90 Å². The van der Waals surface area contributed by atoms with Crippen LogP contribution < -0.4 is 9.67 Å². The van der Waals surface area contributed by atoms with Crippen molar-refractivity contribution in [3.63, 3.8) is 0 Å². The van der Waals surface area contributed by atoms with Gasteiger partial charge in [0.2, 0.25) is 6.33 Å². The number of nitrogens with zero attached hydrogens (tertiary/aromatic N) is 2. The molecular formula is C23H36N2O2. The lowest BCUT2D eigenvalue weighted by atomic mass is 10.1. The number of aryl methyl sites for hydroxylation is 1. The number of aromatic nitrogens is 2. The average Bonchev–Trinajstić information content (AvgIpc) is 3.12. The fourth-order valence-corrected chi connectivity index (χ4v) is 3.24. The van der Waals surface area contributed by atoms with Crippen LogP contribution in [0, 0.1) is 0 Å². The van der Waals surface area contributed by atoms with Crippen molar-refractivity contribution in [1.82, 2.24) is 4.57 Å². The molecule has 0 unspecified atom stereocenters. The number of benzene rings is 1. The third-order valence-corrected chi connectivity index (χ3v) is 4.72. The Balaban J connectivity index is 0.00000114. The van der Waals surface area contributed by atoms with Crippen molar-refractivity contribution in [3.05, 3.63) is 54.6 Å². The molecule has 4 heteroatoms. The van der Waals surface area contributed by atoms with E-state index < -0.39 is 6.47 Å². The van der Waals surface area contributed by atoms with E-state index in [1.165, 1.54) is 69.8 Å². The molecule has 4 nitrogen and oxygen atoms in total. The molecule has 0 aliphatic heterocycles. The molecule has 0 amide bonds. The van der Waals surface area contributed by atoms with Crippen LogP contribution in [0.15, 0.2) is 49.1 Å². The molecule has 2 aromatic rings. The summed E-state index contributed by atoms with van der Waals surface area (Å²) >= 11 is 0. The van der Waals surface area contributed by atoms with Gasteiger partial charge in [-0.25, -0.2) is 9.13 Å². The molecular weight excluding hydrogens is 336 g/mol. The molecule has 0 aliphatic rings. The lowest BCUT2D eigenvalue weighted by Gasteiger charge is -2.01. The van der Waals surface area contributed by atoms with Gasteiger partial charge in [-0.3, -0.25) is 0 Å². The van der Waals surface area contributed by atoms with E-state index in [1.54, 1.807) is 0 Å². The Morgan fingerprint density at radius 2 is 1.48 bits per heavy atom. The topological polar surface area (TPSA) is 48.9 Å². The quantitative estimate of drug-likeness (QED) is 0.302. The summed E-state index contributed by atoms with van der Waals surface area (Å²) in [6.45, 7) is 3.90. The van der Waals surface area contributed by atoms with E-state index in [2.05, 4.69) is 65.1 Å². The number of carbonyl (C=O) groups is 1. The Labute approximate surface area is 164 Å². The fourth-order valence-electron chi connectivity index (χ4n) is 3.24. The van der Waals surface area contributed by atoms with Gasteiger partial charge >= 0.3 is 0 Å². The minimum absolute atomic E-state index is 0.500. The molecule has 1 aromatic carbocycles. The summed E-state index contributed by atoms with van der Waals surface area (Å²) in [6, 6.07) is 10.7. The number of rotatable bonds is 13. The van der Waals surface area contributed by atoms with E-state index in [1.807, 2.05) is 0 Å². The normalized spacial score (nSPS) is 10.3. The Hall–Kier alpha value is -2.10. The van der Waals surface area contributed by atoms with E-state index in [-0.39, 0.29) is 0 Å². The van der Waals surface area contributed by atoms with Gasteiger partial charge in [-0.15, -0.1) is 0 Å². The molecule has 0 aliphatic carbocycles. The van der Waals surface area contributed by atoms with Crippen molar-refractivity contribution < 1.29 is 14.5 Å². The maximum absolute atomic E-state index is 8.25. The van der Waals surface area contributed by atoms with Crippen LogP contribution in [0.25, 0.3) is 0 Å². The van der Waals surface area contributed by atoms with Crippen molar-refractivity contribution in [2.75, 3.05) is 0 Å². The van der Waals surface area contributed by atoms with Crippen molar-refractivity contribution in [3.8, 4) is 0 Å².